The van der Waals surface area contributed by atoms with Crippen LogP contribution in [-0.2, 0) is 4.79 Å². The van der Waals surface area contributed by atoms with Crippen LogP contribution in [0.25, 0.3) is 0 Å². The van der Waals surface area contributed by atoms with E-state index in [9.17, 15) is 14.7 Å². The topological polar surface area (TPSA) is 98.7 Å². The summed E-state index contributed by atoms with van der Waals surface area (Å²) in [4.78, 5) is 22.9. The van der Waals surface area contributed by atoms with Crippen molar-refractivity contribution in [3.05, 3.63) is 0 Å². The molecule has 0 aromatic heterocycles. The highest BCUT2D eigenvalue weighted by atomic mass is 16.4. The third-order valence-corrected chi connectivity index (χ3v) is 3.93. The molecule has 0 aliphatic heterocycles. The molecule has 1 aliphatic carbocycles. The van der Waals surface area contributed by atoms with Crippen LogP contribution >= 0.6 is 0 Å². The standard InChI is InChI=1S/C15H28N2O4/c1-9(18)11(12(19)20)17-13(21)16-10-6-14(2,3)8-15(4,5)7-10/h9-11,18H,6-8H2,1-5H3,(H,19,20)(H2,16,17,21)/t9-,11+/m1/s1. The van der Waals surface area contributed by atoms with Crippen LogP contribution in [0.3, 0.4) is 0 Å². The van der Waals surface area contributed by atoms with E-state index in [1.165, 1.54) is 6.92 Å². The molecule has 0 radical (unpaired) electrons. The number of carboxylic acids is 1. The first-order valence-electron chi connectivity index (χ1n) is 7.40. The second-order valence-electron chi connectivity index (χ2n) is 7.78. The SMILES string of the molecule is C[C@@H](O)[C@H](NC(=O)NC1CC(C)(C)CC(C)(C)C1)C(=O)O. The van der Waals surface area contributed by atoms with Crippen molar-refractivity contribution in [2.75, 3.05) is 0 Å². The third kappa shape index (κ3) is 5.53. The predicted octanol–water partition coefficient (Wildman–Crippen LogP) is 1.72. The highest BCUT2D eigenvalue weighted by Crippen LogP contribution is 2.45. The summed E-state index contributed by atoms with van der Waals surface area (Å²) < 4.78 is 0. The van der Waals surface area contributed by atoms with Crippen LogP contribution in [0.2, 0.25) is 0 Å². The van der Waals surface area contributed by atoms with Gasteiger partial charge in [-0.05, 0) is 37.0 Å². The van der Waals surface area contributed by atoms with Crippen molar-refractivity contribution in [1.29, 1.82) is 0 Å². The number of aliphatic hydroxyl groups excluding tert-OH is 1. The van der Waals surface area contributed by atoms with Crippen molar-refractivity contribution in [3.63, 3.8) is 0 Å². The average Bonchev–Trinajstić information content (AvgIpc) is 2.19. The summed E-state index contributed by atoms with van der Waals surface area (Å²) in [5, 5.41) is 23.5. The molecule has 1 aliphatic rings. The fourth-order valence-corrected chi connectivity index (χ4v) is 3.71. The number of carbonyl (C=O) groups is 2. The fraction of sp³-hybridized carbons (Fsp3) is 0.867. The minimum absolute atomic E-state index is 0.00666. The van der Waals surface area contributed by atoms with Gasteiger partial charge in [-0.25, -0.2) is 9.59 Å². The predicted molar refractivity (Wildman–Crippen MR) is 80.0 cm³/mol. The maximum Gasteiger partial charge on any atom is 0.328 e. The molecule has 0 saturated heterocycles. The maximum absolute atomic E-state index is 12.0. The maximum atomic E-state index is 12.0. The lowest BCUT2D eigenvalue weighted by Crippen LogP contribution is -2.55. The molecule has 122 valence electrons. The smallest absolute Gasteiger partial charge is 0.328 e. The Kier molecular flexibility index (Phi) is 5.25. The molecule has 0 bridgehead atoms. The Bertz CT molecular complexity index is 388. The molecule has 2 amide bonds. The molecule has 0 spiro atoms. The lowest BCUT2D eigenvalue weighted by Gasteiger charge is -2.45. The molecule has 21 heavy (non-hydrogen) atoms. The van der Waals surface area contributed by atoms with E-state index < -0.39 is 24.1 Å². The molecule has 1 saturated carbocycles. The fourth-order valence-electron chi connectivity index (χ4n) is 3.71. The number of rotatable bonds is 4. The van der Waals surface area contributed by atoms with Crippen LogP contribution in [0.5, 0.6) is 0 Å². The summed E-state index contributed by atoms with van der Waals surface area (Å²) in [5.41, 5.74) is 0.270. The van der Waals surface area contributed by atoms with Gasteiger partial charge in [0.05, 0.1) is 6.10 Å². The van der Waals surface area contributed by atoms with E-state index in [0.29, 0.717) is 0 Å². The molecule has 6 nitrogen and oxygen atoms in total. The van der Waals surface area contributed by atoms with Crippen molar-refractivity contribution >= 4 is 12.0 Å². The van der Waals surface area contributed by atoms with Gasteiger partial charge in [-0.3, -0.25) is 0 Å². The number of hydrogen-bond acceptors (Lipinski definition) is 3. The molecule has 4 N–H and O–H groups in total. The zero-order chi connectivity index (χ0) is 16.4. The second kappa shape index (κ2) is 6.22. The Labute approximate surface area is 126 Å². The monoisotopic (exact) mass is 300 g/mol. The van der Waals surface area contributed by atoms with Gasteiger partial charge >= 0.3 is 12.0 Å². The second-order valence-corrected chi connectivity index (χ2v) is 7.78. The summed E-state index contributed by atoms with van der Waals surface area (Å²) in [6.45, 7) is 10.0. The van der Waals surface area contributed by atoms with Crippen LogP contribution in [0, 0.1) is 10.8 Å². The van der Waals surface area contributed by atoms with Gasteiger partial charge < -0.3 is 20.8 Å². The van der Waals surface area contributed by atoms with Gasteiger partial charge in [0.15, 0.2) is 6.04 Å². The van der Waals surface area contributed by atoms with E-state index in [1.54, 1.807) is 0 Å². The molecule has 1 rings (SSSR count). The molecule has 2 atom stereocenters. The quantitative estimate of drug-likeness (QED) is 0.635. The molecular formula is C15H28N2O4. The first-order chi connectivity index (χ1) is 9.42. The van der Waals surface area contributed by atoms with Gasteiger partial charge in [0.25, 0.3) is 0 Å². The molecule has 1 fully saturated rings. The Morgan fingerprint density at radius 3 is 2.00 bits per heavy atom. The Morgan fingerprint density at radius 1 is 1.14 bits per heavy atom. The largest absolute Gasteiger partial charge is 0.480 e. The first-order valence-corrected chi connectivity index (χ1v) is 7.40. The van der Waals surface area contributed by atoms with Crippen LogP contribution < -0.4 is 10.6 Å². The van der Waals surface area contributed by atoms with Gasteiger partial charge in [-0.1, -0.05) is 27.7 Å². The van der Waals surface area contributed by atoms with Crippen molar-refractivity contribution in [2.24, 2.45) is 10.8 Å². The van der Waals surface area contributed by atoms with Crippen molar-refractivity contribution in [2.45, 2.75) is 72.1 Å². The summed E-state index contributed by atoms with van der Waals surface area (Å²) in [5.74, 6) is -1.25. The molecule has 0 unspecified atom stereocenters. The summed E-state index contributed by atoms with van der Waals surface area (Å²) in [6, 6.07) is -1.83. The normalized spacial score (nSPS) is 23.9. The van der Waals surface area contributed by atoms with E-state index >= 15 is 0 Å². The van der Waals surface area contributed by atoms with Gasteiger partial charge in [-0.15, -0.1) is 0 Å². The molecule has 0 heterocycles. The Balaban J connectivity index is 2.64. The number of hydrogen-bond donors (Lipinski definition) is 4. The minimum atomic E-state index is -1.30. The molecule has 0 aromatic rings. The number of carboxylic acid groups (broad SMARTS) is 1. The number of aliphatic hydroxyl groups is 1. The highest BCUT2D eigenvalue weighted by Gasteiger charge is 2.39. The Morgan fingerprint density at radius 2 is 1.62 bits per heavy atom. The van der Waals surface area contributed by atoms with Gasteiger partial charge in [0, 0.05) is 6.04 Å². The van der Waals surface area contributed by atoms with E-state index in [1.807, 2.05) is 0 Å². The third-order valence-electron chi connectivity index (χ3n) is 3.93. The molecular weight excluding hydrogens is 272 g/mol. The van der Waals surface area contributed by atoms with Crippen molar-refractivity contribution < 1.29 is 19.8 Å². The van der Waals surface area contributed by atoms with E-state index in [0.717, 1.165) is 19.3 Å². The summed E-state index contributed by atoms with van der Waals surface area (Å²) >= 11 is 0. The van der Waals surface area contributed by atoms with Crippen molar-refractivity contribution in [3.8, 4) is 0 Å². The van der Waals surface area contributed by atoms with Gasteiger partial charge in [0.2, 0.25) is 0 Å². The summed E-state index contributed by atoms with van der Waals surface area (Å²) in [7, 11) is 0. The van der Waals surface area contributed by atoms with Crippen molar-refractivity contribution in [1.82, 2.24) is 10.6 Å². The van der Waals surface area contributed by atoms with E-state index in [2.05, 4.69) is 38.3 Å². The highest BCUT2D eigenvalue weighted by molar-refractivity contribution is 5.83. The van der Waals surface area contributed by atoms with Crippen LogP contribution in [0.1, 0.15) is 53.9 Å². The van der Waals surface area contributed by atoms with Crippen LogP contribution in [0.15, 0.2) is 0 Å². The van der Waals surface area contributed by atoms with E-state index in [4.69, 9.17) is 5.11 Å². The number of amides is 2. The lowest BCUT2D eigenvalue weighted by atomic mass is 9.63. The zero-order valence-electron chi connectivity index (χ0n) is 13.6. The minimum Gasteiger partial charge on any atom is -0.480 e. The van der Waals surface area contributed by atoms with Gasteiger partial charge in [-0.2, -0.15) is 0 Å². The summed E-state index contributed by atoms with van der Waals surface area (Å²) in [6.07, 6.45) is 1.66. The van der Waals surface area contributed by atoms with Crippen LogP contribution in [-0.4, -0.2) is 40.4 Å². The van der Waals surface area contributed by atoms with Crippen LogP contribution in [0.4, 0.5) is 4.79 Å². The molecule has 0 aromatic carbocycles. The zero-order valence-corrected chi connectivity index (χ0v) is 13.6. The number of nitrogens with one attached hydrogen (secondary N) is 2. The lowest BCUT2D eigenvalue weighted by molar-refractivity contribution is -0.141. The number of aliphatic carboxylic acids is 1. The average molecular weight is 300 g/mol. The number of urea groups is 1. The first kappa shape index (κ1) is 17.8. The molecule has 6 heteroatoms. The Hall–Kier alpha value is -1.30. The van der Waals surface area contributed by atoms with E-state index in [-0.39, 0.29) is 16.9 Å². The number of carbonyl (C=O) groups excluding carboxylic acids is 1. The van der Waals surface area contributed by atoms with Gasteiger partial charge in [0.1, 0.15) is 0 Å².